The topological polar surface area (TPSA) is 90.0 Å². The molecule has 1 fully saturated rings. The maximum atomic E-state index is 13.1. The molecule has 1 aliphatic rings. The second-order valence-electron chi connectivity index (χ2n) is 9.24. The Morgan fingerprint density at radius 3 is 2.59 bits per heavy atom. The molecule has 1 aromatic carbocycles. The van der Waals surface area contributed by atoms with E-state index in [1.54, 1.807) is 12.4 Å². The van der Waals surface area contributed by atoms with Gasteiger partial charge in [0, 0.05) is 47.9 Å². The van der Waals surface area contributed by atoms with E-state index in [0.29, 0.717) is 41.3 Å². The fraction of sp³-hybridized carbons (Fsp3) is 0.520. The number of imidazole rings is 1. The van der Waals surface area contributed by atoms with Crippen molar-refractivity contribution in [3.63, 3.8) is 0 Å². The third-order valence-electron chi connectivity index (χ3n) is 7.03. The van der Waals surface area contributed by atoms with Gasteiger partial charge in [-0.2, -0.15) is 0 Å². The first-order valence-corrected chi connectivity index (χ1v) is 12.4. The van der Waals surface area contributed by atoms with Gasteiger partial charge in [-0.25, -0.2) is 15.0 Å². The van der Waals surface area contributed by atoms with E-state index >= 15 is 0 Å². The van der Waals surface area contributed by atoms with Crippen molar-refractivity contribution < 1.29 is 4.79 Å². The van der Waals surface area contributed by atoms with Gasteiger partial charge in [0.1, 0.15) is 11.8 Å². The maximum Gasteiger partial charge on any atom is 0.251 e. The molecule has 34 heavy (non-hydrogen) atoms. The van der Waals surface area contributed by atoms with Crippen LogP contribution in [0.25, 0.3) is 11.2 Å². The van der Waals surface area contributed by atoms with Crippen LogP contribution in [0.15, 0.2) is 24.8 Å². The van der Waals surface area contributed by atoms with Crippen LogP contribution in [0.4, 0.5) is 5.69 Å². The summed E-state index contributed by atoms with van der Waals surface area (Å²) < 4.78 is 0. The molecule has 0 atom stereocenters. The third-order valence-corrected chi connectivity index (χ3v) is 7.24. The summed E-state index contributed by atoms with van der Waals surface area (Å²) in [6.45, 7) is 5.54. The highest BCUT2D eigenvalue weighted by atomic mass is 35.5. The molecule has 3 aromatic rings. The summed E-state index contributed by atoms with van der Waals surface area (Å²) >= 11 is 6.51. The van der Waals surface area contributed by atoms with Gasteiger partial charge in [-0.3, -0.25) is 4.79 Å². The number of carbonyl (C=O) groups is 1. The normalized spacial score (nSPS) is 18.4. The molecule has 4 rings (SSSR count). The lowest BCUT2D eigenvalue weighted by atomic mass is 9.89. The molecule has 2 aromatic heterocycles. The van der Waals surface area contributed by atoms with E-state index in [2.05, 4.69) is 56.1 Å². The number of hydrogen-bond donors (Lipinski definition) is 2. The lowest BCUT2D eigenvalue weighted by Crippen LogP contribution is -2.42. The number of nitrogens with one attached hydrogen (secondary N) is 2. The second-order valence-corrected chi connectivity index (χ2v) is 9.67. The number of fused-ring (bicyclic) bond motifs is 1. The van der Waals surface area contributed by atoms with Crippen molar-refractivity contribution >= 4 is 34.4 Å². The van der Waals surface area contributed by atoms with E-state index in [-0.39, 0.29) is 5.91 Å². The van der Waals surface area contributed by atoms with E-state index in [0.717, 1.165) is 41.8 Å². The van der Waals surface area contributed by atoms with Gasteiger partial charge in [0.2, 0.25) is 0 Å². The first-order valence-electron chi connectivity index (χ1n) is 12.0. The van der Waals surface area contributed by atoms with E-state index < -0.39 is 0 Å². The van der Waals surface area contributed by atoms with Crippen LogP contribution >= 0.6 is 11.6 Å². The first kappa shape index (κ1) is 24.4. The Balaban J connectivity index is 1.46. The number of halogens is 1. The summed E-state index contributed by atoms with van der Waals surface area (Å²) in [5.74, 6) is -0.122. The molecule has 182 valence electrons. The summed E-state index contributed by atoms with van der Waals surface area (Å²) in [4.78, 5) is 33.6. The summed E-state index contributed by atoms with van der Waals surface area (Å²) in [5.41, 5.74) is 4.92. The lowest BCUT2D eigenvalue weighted by Gasteiger charge is -2.40. The average molecular weight is 484 g/mol. The molecule has 1 saturated carbocycles. The molecule has 8 nitrogen and oxygen atoms in total. The zero-order valence-corrected chi connectivity index (χ0v) is 21.2. The van der Waals surface area contributed by atoms with Crippen LogP contribution in [-0.4, -0.2) is 70.0 Å². The van der Waals surface area contributed by atoms with Crippen LogP contribution < -0.4 is 10.2 Å². The number of aromatic nitrogens is 4. The molecule has 2 heterocycles. The Bertz CT molecular complexity index is 1140. The van der Waals surface area contributed by atoms with Gasteiger partial charge in [0.15, 0.2) is 5.65 Å². The minimum absolute atomic E-state index is 0.122. The van der Waals surface area contributed by atoms with E-state index in [4.69, 9.17) is 11.6 Å². The predicted molar refractivity (Wildman–Crippen MR) is 137 cm³/mol. The van der Waals surface area contributed by atoms with Crippen molar-refractivity contribution in [1.82, 2.24) is 30.2 Å². The highest BCUT2D eigenvalue weighted by Crippen LogP contribution is 2.34. The Morgan fingerprint density at radius 1 is 1.15 bits per heavy atom. The maximum absolute atomic E-state index is 13.1. The van der Waals surface area contributed by atoms with Gasteiger partial charge in [-0.05, 0) is 71.3 Å². The summed E-state index contributed by atoms with van der Waals surface area (Å²) in [6.07, 6.45) is 8.34. The number of benzene rings is 1. The van der Waals surface area contributed by atoms with Crippen molar-refractivity contribution in [2.24, 2.45) is 0 Å². The molecule has 1 amide bonds. The monoisotopic (exact) mass is 483 g/mol. The fourth-order valence-electron chi connectivity index (χ4n) is 5.10. The van der Waals surface area contributed by atoms with E-state index in [1.807, 2.05) is 13.0 Å². The molecule has 0 saturated heterocycles. The van der Waals surface area contributed by atoms with Crippen molar-refractivity contribution in [2.45, 2.75) is 58.0 Å². The first-order chi connectivity index (χ1) is 16.4. The van der Waals surface area contributed by atoms with Crippen LogP contribution in [-0.2, 0) is 6.42 Å². The quantitative estimate of drug-likeness (QED) is 0.503. The Labute approximate surface area is 206 Å². The predicted octanol–water partition coefficient (Wildman–Crippen LogP) is 3.99. The van der Waals surface area contributed by atoms with E-state index in [1.165, 1.54) is 19.2 Å². The number of rotatable bonds is 8. The Hall–Kier alpha value is -2.71. The van der Waals surface area contributed by atoms with Crippen LogP contribution in [0, 0.1) is 6.92 Å². The largest absolute Gasteiger partial charge is 0.369 e. The van der Waals surface area contributed by atoms with Crippen LogP contribution in [0.1, 0.15) is 54.2 Å². The van der Waals surface area contributed by atoms with Gasteiger partial charge in [-0.1, -0.05) is 11.6 Å². The van der Waals surface area contributed by atoms with Crippen LogP contribution in [0.3, 0.4) is 0 Å². The van der Waals surface area contributed by atoms with Gasteiger partial charge in [0.05, 0.1) is 12.0 Å². The zero-order valence-electron chi connectivity index (χ0n) is 20.4. The number of H-pyrrole nitrogens is 1. The summed E-state index contributed by atoms with van der Waals surface area (Å²) in [7, 11) is 4.33. The zero-order chi connectivity index (χ0) is 24.2. The molecular weight excluding hydrogens is 450 g/mol. The molecule has 0 radical (unpaired) electrons. The molecule has 0 aliphatic heterocycles. The molecule has 9 heteroatoms. The Morgan fingerprint density at radius 2 is 1.88 bits per heavy atom. The molecule has 0 spiro atoms. The van der Waals surface area contributed by atoms with Gasteiger partial charge in [-0.15, -0.1) is 0 Å². The summed E-state index contributed by atoms with van der Waals surface area (Å²) in [5, 5.41) is 3.62. The lowest BCUT2D eigenvalue weighted by molar-refractivity contribution is 0.0953. The van der Waals surface area contributed by atoms with Gasteiger partial charge < -0.3 is 20.1 Å². The SMILES string of the molecule is CCN(c1cc(Cl)cc(C(=O)NCCc2ncnc3nc[nH]c23)c1C)C1CCC(N(C)C)CC1. The second kappa shape index (κ2) is 10.7. The Kier molecular flexibility index (Phi) is 7.68. The van der Waals surface area contributed by atoms with Crippen molar-refractivity contribution in [3.8, 4) is 0 Å². The smallest absolute Gasteiger partial charge is 0.251 e. The molecule has 2 N–H and O–H groups in total. The minimum Gasteiger partial charge on any atom is -0.369 e. The number of anilines is 1. The third kappa shape index (κ3) is 5.18. The summed E-state index contributed by atoms with van der Waals surface area (Å²) in [6, 6.07) is 4.88. The number of aromatic amines is 1. The fourth-order valence-corrected chi connectivity index (χ4v) is 5.32. The van der Waals surface area contributed by atoms with Crippen LogP contribution in [0.2, 0.25) is 5.02 Å². The standard InChI is InChI=1S/C25H34ClN7O/c1-5-33(19-8-6-18(7-9-19)32(3)4)22-13-17(26)12-20(16(22)2)25(34)27-11-10-21-23-24(30-14-28-21)31-15-29-23/h12-15,18-19H,5-11H2,1-4H3,(H,27,34)(H,28,29,30,31). The van der Waals surface area contributed by atoms with E-state index in [9.17, 15) is 4.79 Å². The van der Waals surface area contributed by atoms with Crippen molar-refractivity contribution in [2.75, 3.05) is 32.1 Å². The molecule has 0 unspecified atom stereocenters. The number of carbonyl (C=O) groups excluding carboxylic acids is 1. The average Bonchev–Trinajstić information content (AvgIpc) is 3.31. The molecule has 0 bridgehead atoms. The van der Waals surface area contributed by atoms with Gasteiger partial charge >= 0.3 is 0 Å². The number of amides is 1. The highest BCUT2D eigenvalue weighted by molar-refractivity contribution is 6.31. The highest BCUT2D eigenvalue weighted by Gasteiger charge is 2.28. The van der Waals surface area contributed by atoms with Gasteiger partial charge in [0.25, 0.3) is 5.91 Å². The van der Waals surface area contributed by atoms with Crippen molar-refractivity contribution in [3.05, 3.63) is 46.6 Å². The minimum atomic E-state index is -0.122. The van der Waals surface area contributed by atoms with Crippen LogP contribution in [0.5, 0.6) is 0 Å². The molecular formula is C25H34ClN7O. The molecule has 1 aliphatic carbocycles. The number of hydrogen-bond acceptors (Lipinski definition) is 6. The number of nitrogens with zero attached hydrogens (tertiary/aromatic N) is 5. The van der Waals surface area contributed by atoms with Crippen molar-refractivity contribution in [1.29, 1.82) is 0 Å².